The van der Waals surface area contributed by atoms with Gasteiger partial charge in [-0.1, -0.05) is 198 Å². The minimum Gasteiger partial charge on any atom is -0.394 e. The van der Waals surface area contributed by atoms with E-state index in [1.54, 1.807) is 0 Å². The molecule has 0 aromatic heterocycles. The Labute approximate surface area is 341 Å². The summed E-state index contributed by atoms with van der Waals surface area (Å²) in [5, 5.41) is 43.6. The predicted molar refractivity (Wildman–Crippen MR) is 237 cm³/mol. The Hall–Kier alpha value is -1.47. The van der Waals surface area contributed by atoms with Gasteiger partial charge in [-0.2, -0.15) is 0 Å². The normalized spacial score (nSPS) is 14.4. The van der Waals surface area contributed by atoms with Crippen molar-refractivity contribution >= 4 is 5.91 Å². The van der Waals surface area contributed by atoms with Gasteiger partial charge in [-0.05, 0) is 77.0 Å². The summed E-state index contributed by atoms with van der Waals surface area (Å²) in [4.78, 5) is 12.5. The van der Waals surface area contributed by atoms with Crippen molar-refractivity contribution in [3.63, 3.8) is 0 Å². The highest BCUT2D eigenvalue weighted by molar-refractivity contribution is 5.80. The second kappa shape index (κ2) is 43.6. The molecule has 0 heterocycles. The molecule has 6 heteroatoms. The first-order valence-corrected chi connectivity index (χ1v) is 23.9. The quantitative estimate of drug-likeness (QED) is 0.0313. The van der Waals surface area contributed by atoms with Crippen LogP contribution in [0.2, 0.25) is 0 Å². The summed E-state index contributed by atoms with van der Waals surface area (Å²) in [6.45, 7) is 4.00. The molecule has 5 N–H and O–H groups in total. The molecule has 0 spiro atoms. The first-order chi connectivity index (χ1) is 27.0. The Morgan fingerprint density at radius 2 is 0.764 bits per heavy atom. The molecule has 0 bridgehead atoms. The number of carbonyl (C=O) groups excluding carboxylic acids is 1. The molecule has 0 rings (SSSR count). The summed E-state index contributed by atoms with van der Waals surface area (Å²) < 4.78 is 0. The van der Waals surface area contributed by atoms with Crippen LogP contribution in [-0.2, 0) is 4.79 Å². The van der Waals surface area contributed by atoms with E-state index in [0.717, 1.165) is 44.9 Å². The van der Waals surface area contributed by atoms with Crippen molar-refractivity contribution in [2.45, 2.75) is 263 Å². The highest BCUT2D eigenvalue weighted by atomic mass is 16.3. The minimum absolute atomic E-state index is 0.359. The van der Waals surface area contributed by atoms with E-state index in [1.807, 2.05) is 0 Å². The van der Waals surface area contributed by atoms with Gasteiger partial charge >= 0.3 is 0 Å². The zero-order valence-electron chi connectivity index (χ0n) is 36.4. The Balaban J connectivity index is 3.66. The van der Waals surface area contributed by atoms with Gasteiger partial charge in [0, 0.05) is 0 Å². The molecule has 324 valence electrons. The minimum atomic E-state index is -1.29. The van der Waals surface area contributed by atoms with Gasteiger partial charge in [0.25, 0.3) is 0 Å². The van der Waals surface area contributed by atoms with Crippen molar-refractivity contribution in [1.82, 2.24) is 5.32 Å². The molecule has 0 fully saturated rings. The molecule has 1 amide bonds. The van der Waals surface area contributed by atoms with Crippen LogP contribution >= 0.6 is 0 Å². The number of amides is 1. The van der Waals surface area contributed by atoms with Gasteiger partial charge in [-0.25, -0.2) is 0 Å². The number of hydrogen-bond donors (Lipinski definition) is 5. The maximum Gasteiger partial charge on any atom is 0.249 e. The van der Waals surface area contributed by atoms with Crippen molar-refractivity contribution in [2.24, 2.45) is 0 Å². The lowest BCUT2D eigenvalue weighted by Crippen LogP contribution is -2.53. The lowest BCUT2D eigenvalue weighted by Gasteiger charge is -2.27. The van der Waals surface area contributed by atoms with Crippen LogP contribution in [0.4, 0.5) is 0 Å². The van der Waals surface area contributed by atoms with Crippen molar-refractivity contribution in [3.05, 3.63) is 36.5 Å². The second-order valence-electron chi connectivity index (χ2n) is 16.4. The molecule has 4 atom stereocenters. The number of carbonyl (C=O) groups is 1. The molecular weight excluding hydrogens is 683 g/mol. The molecule has 4 unspecified atom stereocenters. The zero-order chi connectivity index (χ0) is 40.3. The lowest BCUT2D eigenvalue weighted by molar-refractivity contribution is -0.132. The molecule has 0 aliphatic heterocycles. The zero-order valence-corrected chi connectivity index (χ0v) is 36.4. The van der Waals surface area contributed by atoms with E-state index in [1.165, 1.54) is 161 Å². The van der Waals surface area contributed by atoms with Crippen molar-refractivity contribution in [3.8, 4) is 0 Å². The smallest absolute Gasteiger partial charge is 0.249 e. The molecule has 0 saturated carbocycles. The average Bonchev–Trinajstić information content (AvgIpc) is 3.19. The summed E-state index contributed by atoms with van der Waals surface area (Å²) in [6, 6.07) is -1.01. The van der Waals surface area contributed by atoms with Gasteiger partial charge in [0.05, 0.1) is 18.8 Å². The van der Waals surface area contributed by atoms with Crippen LogP contribution in [0.1, 0.15) is 239 Å². The molecule has 0 aromatic rings. The van der Waals surface area contributed by atoms with Crippen LogP contribution in [-0.4, -0.2) is 57.3 Å². The van der Waals surface area contributed by atoms with Crippen LogP contribution in [0, 0.1) is 0 Å². The molecular formula is C49H93NO5. The largest absolute Gasteiger partial charge is 0.394 e. The summed E-state index contributed by atoms with van der Waals surface area (Å²) in [6.07, 6.45) is 52.0. The van der Waals surface area contributed by atoms with Crippen LogP contribution in [0.5, 0.6) is 0 Å². The maximum atomic E-state index is 12.5. The van der Waals surface area contributed by atoms with Crippen molar-refractivity contribution in [1.29, 1.82) is 0 Å². The highest BCUT2D eigenvalue weighted by Crippen LogP contribution is 2.16. The molecule has 0 aliphatic rings. The molecule has 0 radical (unpaired) electrons. The summed E-state index contributed by atoms with van der Waals surface area (Å²) >= 11 is 0. The number of aliphatic hydroxyl groups excluding tert-OH is 4. The Kier molecular flexibility index (Phi) is 42.5. The fourth-order valence-corrected chi connectivity index (χ4v) is 7.24. The van der Waals surface area contributed by atoms with Gasteiger partial charge in [-0.15, -0.1) is 0 Å². The maximum absolute atomic E-state index is 12.5. The van der Waals surface area contributed by atoms with E-state index in [-0.39, 0.29) is 0 Å². The second-order valence-corrected chi connectivity index (χ2v) is 16.4. The summed E-state index contributed by atoms with van der Waals surface area (Å²) in [5.41, 5.74) is 0. The molecule has 6 nitrogen and oxygen atoms in total. The Bertz CT molecular complexity index is 873. The number of hydrogen-bond acceptors (Lipinski definition) is 5. The monoisotopic (exact) mass is 776 g/mol. The third kappa shape index (κ3) is 37.8. The van der Waals surface area contributed by atoms with Crippen LogP contribution in [0.15, 0.2) is 36.5 Å². The van der Waals surface area contributed by atoms with Gasteiger partial charge in [-0.3, -0.25) is 4.79 Å². The standard InChI is InChI=1S/C49H93NO5/c1-3-5-7-9-11-13-15-17-18-19-20-21-22-23-24-25-26-27-28-29-30-31-33-35-37-39-41-43-47(53)49(55)50-45(44-51)48(54)46(52)42-40-38-36-34-32-16-14-12-10-8-6-4-2/h12,14,23-24,34,36,45-48,51-54H,3-11,13,15-22,25-33,35,37-44H2,1-2H3,(H,50,55)/b14-12+,24-23-,36-34+. The predicted octanol–water partition coefficient (Wildman–Crippen LogP) is 12.9. The first kappa shape index (κ1) is 53.5. The van der Waals surface area contributed by atoms with Crippen molar-refractivity contribution in [2.75, 3.05) is 6.61 Å². The third-order valence-electron chi connectivity index (χ3n) is 11.1. The fourth-order valence-electron chi connectivity index (χ4n) is 7.24. The Morgan fingerprint density at radius 3 is 1.18 bits per heavy atom. The topological polar surface area (TPSA) is 110 Å². The first-order valence-electron chi connectivity index (χ1n) is 23.9. The number of unbranched alkanes of at least 4 members (excludes halogenated alkanes) is 28. The number of aliphatic hydroxyl groups is 4. The van der Waals surface area contributed by atoms with E-state index in [4.69, 9.17) is 0 Å². The van der Waals surface area contributed by atoms with Crippen molar-refractivity contribution < 1.29 is 25.2 Å². The third-order valence-corrected chi connectivity index (χ3v) is 11.1. The van der Waals surface area contributed by atoms with E-state index in [9.17, 15) is 25.2 Å². The number of rotatable bonds is 43. The van der Waals surface area contributed by atoms with Gasteiger partial charge < -0.3 is 25.7 Å². The molecule has 0 saturated heterocycles. The lowest BCUT2D eigenvalue weighted by atomic mass is 10.00. The van der Waals surface area contributed by atoms with Crippen LogP contribution < -0.4 is 5.32 Å². The fraction of sp³-hybridized carbons (Fsp3) is 0.857. The van der Waals surface area contributed by atoms with Crippen LogP contribution in [0.3, 0.4) is 0 Å². The average molecular weight is 776 g/mol. The van der Waals surface area contributed by atoms with Gasteiger partial charge in [0.15, 0.2) is 0 Å². The SMILES string of the molecule is CCCCC/C=C/CC/C=C/CCCC(O)C(O)C(CO)NC(=O)C(O)CCCCCCCCCCCCC/C=C\CCCCCCCCCCCCCC. The highest BCUT2D eigenvalue weighted by Gasteiger charge is 2.28. The van der Waals surface area contributed by atoms with Gasteiger partial charge in [0.2, 0.25) is 5.91 Å². The number of nitrogens with one attached hydrogen (secondary N) is 1. The van der Waals surface area contributed by atoms with Gasteiger partial charge in [0.1, 0.15) is 12.2 Å². The Morgan fingerprint density at radius 1 is 0.436 bits per heavy atom. The molecule has 55 heavy (non-hydrogen) atoms. The summed E-state index contributed by atoms with van der Waals surface area (Å²) in [5.74, 6) is -0.599. The molecule has 0 aromatic carbocycles. The number of allylic oxidation sites excluding steroid dienone is 6. The van der Waals surface area contributed by atoms with Crippen LogP contribution in [0.25, 0.3) is 0 Å². The van der Waals surface area contributed by atoms with E-state index >= 15 is 0 Å². The van der Waals surface area contributed by atoms with E-state index < -0.39 is 36.9 Å². The van der Waals surface area contributed by atoms with E-state index in [2.05, 4.69) is 55.6 Å². The molecule has 0 aliphatic carbocycles. The van der Waals surface area contributed by atoms with E-state index in [0.29, 0.717) is 19.3 Å². The summed E-state index contributed by atoms with van der Waals surface area (Å²) in [7, 11) is 0.